The molecule has 1 aromatic rings. The lowest BCUT2D eigenvalue weighted by molar-refractivity contribution is 0.125. The molecule has 1 fully saturated rings. The highest BCUT2D eigenvalue weighted by Crippen LogP contribution is 2.19. The van der Waals surface area contributed by atoms with Crippen LogP contribution >= 0.6 is 0 Å². The molecule has 1 aliphatic heterocycles. The van der Waals surface area contributed by atoms with Crippen LogP contribution in [0.4, 0.5) is 0 Å². The minimum Gasteiger partial charge on any atom is -0.492 e. The summed E-state index contributed by atoms with van der Waals surface area (Å²) in [4.78, 5) is 2.36. The van der Waals surface area contributed by atoms with Crippen molar-refractivity contribution in [2.45, 2.75) is 25.9 Å². The maximum absolute atomic E-state index is 9.58. The van der Waals surface area contributed by atoms with Gasteiger partial charge in [0.25, 0.3) is 0 Å². The van der Waals surface area contributed by atoms with Crippen LogP contribution in [0, 0.1) is 5.92 Å². The summed E-state index contributed by atoms with van der Waals surface area (Å²) < 4.78 is 5.76. The molecule has 2 unspecified atom stereocenters. The molecule has 1 aliphatic rings. The second kappa shape index (κ2) is 7.62. The van der Waals surface area contributed by atoms with E-state index in [4.69, 9.17) is 10.5 Å². The molecule has 1 saturated heterocycles. The molecule has 4 heteroatoms. The van der Waals surface area contributed by atoms with Crippen LogP contribution in [-0.4, -0.2) is 48.9 Å². The van der Waals surface area contributed by atoms with E-state index in [1.54, 1.807) is 0 Å². The number of aliphatic hydroxyl groups is 1. The second-order valence-electron chi connectivity index (χ2n) is 5.62. The molecule has 0 spiro atoms. The second-order valence-corrected chi connectivity index (χ2v) is 5.62. The van der Waals surface area contributed by atoms with E-state index in [2.05, 4.69) is 17.0 Å². The molecule has 0 amide bonds. The molecule has 3 N–H and O–H groups in total. The summed E-state index contributed by atoms with van der Waals surface area (Å²) in [5.74, 6) is 1.34. The maximum Gasteiger partial charge on any atom is 0.119 e. The van der Waals surface area contributed by atoms with Crippen LogP contribution in [0.25, 0.3) is 0 Å². The Morgan fingerprint density at radius 3 is 2.75 bits per heavy atom. The van der Waals surface area contributed by atoms with Gasteiger partial charge in [0.2, 0.25) is 0 Å². The number of hydrogen-bond donors (Lipinski definition) is 2. The fraction of sp³-hybridized carbons (Fsp3) is 0.625. The Bertz CT molecular complexity index is 392. The molecule has 0 saturated carbocycles. The zero-order valence-corrected chi connectivity index (χ0v) is 12.3. The van der Waals surface area contributed by atoms with Crippen LogP contribution in [0.1, 0.15) is 18.9 Å². The van der Waals surface area contributed by atoms with Crippen LogP contribution in [0.3, 0.4) is 0 Å². The molecular formula is C16H26N2O2. The Kier molecular flexibility index (Phi) is 5.83. The topological polar surface area (TPSA) is 58.7 Å². The van der Waals surface area contributed by atoms with Crippen molar-refractivity contribution in [2.75, 3.05) is 32.8 Å². The Morgan fingerprint density at radius 2 is 2.15 bits per heavy atom. The van der Waals surface area contributed by atoms with Gasteiger partial charge in [-0.1, -0.05) is 12.1 Å². The summed E-state index contributed by atoms with van der Waals surface area (Å²) in [5, 5.41) is 9.58. The first-order chi connectivity index (χ1) is 9.69. The van der Waals surface area contributed by atoms with Gasteiger partial charge in [-0.3, -0.25) is 4.90 Å². The monoisotopic (exact) mass is 278 g/mol. The first-order valence-corrected chi connectivity index (χ1v) is 7.51. The highest BCUT2D eigenvalue weighted by atomic mass is 16.5. The fourth-order valence-electron chi connectivity index (χ4n) is 2.67. The minimum absolute atomic E-state index is 0.198. The zero-order valence-electron chi connectivity index (χ0n) is 12.3. The van der Waals surface area contributed by atoms with Crippen molar-refractivity contribution < 1.29 is 9.84 Å². The third-order valence-electron chi connectivity index (χ3n) is 4.02. The predicted molar refractivity (Wildman–Crippen MR) is 80.9 cm³/mol. The molecule has 0 aromatic heterocycles. The highest BCUT2D eigenvalue weighted by Gasteiger charge is 2.25. The number of ether oxygens (including phenoxy) is 1. The molecule has 1 aromatic carbocycles. The first-order valence-electron chi connectivity index (χ1n) is 7.51. The van der Waals surface area contributed by atoms with Gasteiger partial charge >= 0.3 is 0 Å². The van der Waals surface area contributed by atoms with Gasteiger partial charge < -0.3 is 15.6 Å². The average Bonchev–Trinajstić information content (AvgIpc) is 2.90. The van der Waals surface area contributed by atoms with Gasteiger partial charge in [0.15, 0.2) is 0 Å². The van der Waals surface area contributed by atoms with Crippen LogP contribution in [0.15, 0.2) is 24.3 Å². The van der Waals surface area contributed by atoms with E-state index in [1.165, 1.54) is 5.56 Å². The van der Waals surface area contributed by atoms with Crippen molar-refractivity contribution in [3.63, 3.8) is 0 Å². The van der Waals surface area contributed by atoms with E-state index in [0.29, 0.717) is 19.1 Å². The Hall–Kier alpha value is -1.10. The molecule has 4 nitrogen and oxygen atoms in total. The molecular weight excluding hydrogens is 252 g/mol. The number of hydrogen-bond acceptors (Lipinski definition) is 4. The molecule has 1 heterocycles. The summed E-state index contributed by atoms with van der Waals surface area (Å²) in [5.41, 5.74) is 6.78. The van der Waals surface area contributed by atoms with E-state index in [0.717, 1.165) is 38.2 Å². The molecule has 2 rings (SSSR count). The molecule has 2 atom stereocenters. The zero-order chi connectivity index (χ0) is 14.4. The number of rotatable bonds is 7. The molecule has 20 heavy (non-hydrogen) atoms. The summed E-state index contributed by atoms with van der Waals surface area (Å²) in [6, 6.07) is 8.16. The summed E-state index contributed by atoms with van der Waals surface area (Å²) in [6.07, 6.45) is 1.80. The summed E-state index contributed by atoms with van der Waals surface area (Å²) in [6.45, 7) is 6.23. The lowest BCUT2D eigenvalue weighted by Gasteiger charge is -2.17. The van der Waals surface area contributed by atoms with Crippen molar-refractivity contribution in [3.05, 3.63) is 29.8 Å². The van der Waals surface area contributed by atoms with E-state index >= 15 is 0 Å². The first kappa shape index (κ1) is 15.3. The van der Waals surface area contributed by atoms with Crippen LogP contribution < -0.4 is 10.5 Å². The van der Waals surface area contributed by atoms with Gasteiger partial charge in [-0.15, -0.1) is 0 Å². The standard InChI is InChI=1S/C16H26N2O2/c1-13(19)15-7-9-18(12-15)10-11-20-16-4-2-14(3-5-16)6-8-17/h2-5,13,15,19H,6-12,17H2,1H3. The van der Waals surface area contributed by atoms with Gasteiger partial charge in [-0.05, 0) is 56.5 Å². The molecule has 0 aliphatic carbocycles. The molecule has 0 bridgehead atoms. The number of likely N-dealkylation sites (tertiary alicyclic amines) is 1. The van der Waals surface area contributed by atoms with Crippen LogP contribution in [0.5, 0.6) is 5.75 Å². The van der Waals surface area contributed by atoms with Crippen LogP contribution in [-0.2, 0) is 6.42 Å². The minimum atomic E-state index is -0.198. The van der Waals surface area contributed by atoms with Gasteiger partial charge in [0.1, 0.15) is 12.4 Å². The van der Waals surface area contributed by atoms with Gasteiger partial charge in [0, 0.05) is 13.1 Å². The third kappa shape index (κ3) is 4.47. The third-order valence-corrected chi connectivity index (χ3v) is 4.02. The van der Waals surface area contributed by atoms with Crippen LogP contribution in [0.2, 0.25) is 0 Å². The largest absolute Gasteiger partial charge is 0.492 e. The van der Waals surface area contributed by atoms with Crippen molar-refractivity contribution in [3.8, 4) is 5.75 Å². The lowest BCUT2D eigenvalue weighted by atomic mass is 10.0. The van der Waals surface area contributed by atoms with Crippen molar-refractivity contribution >= 4 is 0 Å². The molecule has 112 valence electrons. The summed E-state index contributed by atoms with van der Waals surface area (Å²) in [7, 11) is 0. The van der Waals surface area contributed by atoms with E-state index in [9.17, 15) is 5.11 Å². The van der Waals surface area contributed by atoms with Gasteiger partial charge in [-0.2, -0.15) is 0 Å². The quantitative estimate of drug-likeness (QED) is 0.788. The summed E-state index contributed by atoms with van der Waals surface area (Å²) >= 11 is 0. The lowest BCUT2D eigenvalue weighted by Crippen LogP contribution is -2.28. The number of aliphatic hydroxyl groups excluding tert-OH is 1. The number of benzene rings is 1. The smallest absolute Gasteiger partial charge is 0.119 e. The molecule has 0 radical (unpaired) electrons. The number of nitrogens with zero attached hydrogens (tertiary/aromatic N) is 1. The van der Waals surface area contributed by atoms with Gasteiger partial charge in [0.05, 0.1) is 6.10 Å². The Balaban J connectivity index is 1.68. The Labute approximate surface area is 121 Å². The maximum atomic E-state index is 9.58. The van der Waals surface area contributed by atoms with Crippen molar-refractivity contribution in [2.24, 2.45) is 11.7 Å². The SMILES string of the molecule is CC(O)C1CCN(CCOc2ccc(CCN)cc2)C1. The van der Waals surface area contributed by atoms with Crippen molar-refractivity contribution in [1.82, 2.24) is 4.90 Å². The van der Waals surface area contributed by atoms with E-state index < -0.39 is 0 Å². The highest BCUT2D eigenvalue weighted by molar-refractivity contribution is 5.27. The van der Waals surface area contributed by atoms with E-state index in [1.807, 2.05) is 19.1 Å². The normalized spacial score (nSPS) is 21.1. The average molecular weight is 278 g/mol. The van der Waals surface area contributed by atoms with Gasteiger partial charge in [-0.25, -0.2) is 0 Å². The fourth-order valence-corrected chi connectivity index (χ4v) is 2.67. The predicted octanol–water partition coefficient (Wildman–Crippen LogP) is 1.27. The Morgan fingerprint density at radius 1 is 1.40 bits per heavy atom. The van der Waals surface area contributed by atoms with Crippen molar-refractivity contribution in [1.29, 1.82) is 0 Å². The number of nitrogens with two attached hydrogens (primary N) is 1. The van der Waals surface area contributed by atoms with E-state index in [-0.39, 0.29) is 6.10 Å².